The number of hydrogen-bond acceptors (Lipinski definition) is 2. The van der Waals surface area contributed by atoms with E-state index in [1.807, 2.05) is 42.6 Å². The molecule has 0 saturated carbocycles. The van der Waals surface area contributed by atoms with Crippen molar-refractivity contribution in [1.29, 1.82) is 0 Å². The summed E-state index contributed by atoms with van der Waals surface area (Å²) in [6.07, 6.45) is 2.03. The van der Waals surface area contributed by atoms with E-state index in [9.17, 15) is 0 Å². The third kappa shape index (κ3) is 3.88. The van der Waals surface area contributed by atoms with Crippen LogP contribution >= 0.6 is 0 Å². The van der Waals surface area contributed by atoms with Crippen molar-refractivity contribution in [3.63, 3.8) is 0 Å². The average molecular weight is 252 g/mol. The van der Waals surface area contributed by atoms with Crippen LogP contribution in [0, 0.1) is 0 Å². The largest absolute Gasteiger partial charge is 0.397 e. The first-order valence-corrected chi connectivity index (χ1v) is 6.60. The Labute approximate surface area is 115 Å². The summed E-state index contributed by atoms with van der Waals surface area (Å²) < 4.78 is 0. The molecule has 0 atom stereocenters. The van der Waals surface area contributed by atoms with Crippen LogP contribution in [-0.4, -0.2) is 11.4 Å². The molecule has 0 bridgehead atoms. The lowest BCUT2D eigenvalue weighted by Gasteiger charge is -2.19. The van der Waals surface area contributed by atoms with E-state index in [0.717, 1.165) is 24.4 Å². The Morgan fingerprint density at radius 1 is 1.00 bits per heavy atom. The first-order valence-electron chi connectivity index (χ1n) is 6.60. The highest BCUT2D eigenvalue weighted by Gasteiger charge is 2.01. The van der Waals surface area contributed by atoms with Crippen LogP contribution in [0.25, 0.3) is 5.70 Å². The summed E-state index contributed by atoms with van der Waals surface area (Å²) in [4.78, 5) is 2.22. The molecule has 0 saturated heterocycles. The van der Waals surface area contributed by atoms with Crippen molar-refractivity contribution in [1.82, 2.24) is 4.90 Å². The topological polar surface area (TPSA) is 29.3 Å². The maximum absolute atomic E-state index is 6.14. The molecule has 0 heterocycles. The van der Waals surface area contributed by atoms with Crippen molar-refractivity contribution >= 4 is 5.70 Å². The van der Waals surface area contributed by atoms with E-state index in [2.05, 4.69) is 36.1 Å². The van der Waals surface area contributed by atoms with Gasteiger partial charge in [0, 0.05) is 19.3 Å². The molecule has 2 aromatic rings. The van der Waals surface area contributed by atoms with E-state index in [1.165, 1.54) is 5.56 Å². The van der Waals surface area contributed by atoms with Gasteiger partial charge in [0.25, 0.3) is 0 Å². The second kappa shape index (κ2) is 6.64. The Balaban J connectivity index is 2.10. The van der Waals surface area contributed by atoms with Crippen LogP contribution in [0.4, 0.5) is 0 Å². The monoisotopic (exact) mass is 252 g/mol. The molecular weight excluding hydrogens is 232 g/mol. The van der Waals surface area contributed by atoms with Gasteiger partial charge in [-0.3, -0.25) is 0 Å². The lowest BCUT2D eigenvalue weighted by atomic mass is 10.1. The van der Waals surface area contributed by atoms with Gasteiger partial charge < -0.3 is 10.6 Å². The van der Waals surface area contributed by atoms with Gasteiger partial charge in [0.2, 0.25) is 0 Å². The molecule has 2 nitrogen and oxygen atoms in total. The van der Waals surface area contributed by atoms with Gasteiger partial charge in [-0.05, 0) is 18.1 Å². The number of nitrogens with zero attached hydrogens (tertiary/aromatic N) is 1. The number of benzene rings is 2. The first kappa shape index (κ1) is 13.2. The van der Waals surface area contributed by atoms with E-state index in [0.29, 0.717) is 0 Å². The highest BCUT2D eigenvalue weighted by molar-refractivity contribution is 5.61. The van der Waals surface area contributed by atoms with Crippen LogP contribution in [0.1, 0.15) is 18.1 Å². The second-order valence-electron chi connectivity index (χ2n) is 4.50. The lowest BCUT2D eigenvalue weighted by Crippen LogP contribution is -2.18. The minimum absolute atomic E-state index is 0.804. The fourth-order valence-electron chi connectivity index (χ4n) is 1.97. The van der Waals surface area contributed by atoms with E-state index >= 15 is 0 Å². The number of nitrogens with two attached hydrogens (primary N) is 1. The summed E-state index contributed by atoms with van der Waals surface area (Å²) in [6.45, 7) is 3.95. The summed E-state index contributed by atoms with van der Waals surface area (Å²) in [7, 11) is 0. The van der Waals surface area contributed by atoms with Crippen molar-refractivity contribution in [3.8, 4) is 0 Å². The van der Waals surface area contributed by atoms with Crippen molar-refractivity contribution in [2.45, 2.75) is 13.5 Å². The van der Waals surface area contributed by atoms with Gasteiger partial charge in [-0.2, -0.15) is 0 Å². The molecule has 2 rings (SSSR count). The van der Waals surface area contributed by atoms with Crippen molar-refractivity contribution < 1.29 is 0 Å². The molecule has 0 radical (unpaired) electrons. The summed E-state index contributed by atoms with van der Waals surface area (Å²) in [5, 5.41) is 0. The molecule has 0 aliphatic rings. The predicted molar refractivity (Wildman–Crippen MR) is 81.1 cm³/mol. The Morgan fingerprint density at radius 2 is 1.58 bits per heavy atom. The maximum atomic E-state index is 6.14. The van der Waals surface area contributed by atoms with Gasteiger partial charge in [0.1, 0.15) is 0 Å². The molecule has 0 aliphatic heterocycles. The average Bonchev–Trinajstić information content (AvgIpc) is 2.48. The Bertz CT molecular complexity index is 517. The number of rotatable bonds is 5. The zero-order valence-corrected chi connectivity index (χ0v) is 11.3. The molecule has 0 aromatic heterocycles. The van der Waals surface area contributed by atoms with Gasteiger partial charge in [0.15, 0.2) is 0 Å². The molecule has 2 N–H and O–H groups in total. The Kier molecular flexibility index (Phi) is 4.62. The Hall–Kier alpha value is -2.22. The smallest absolute Gasteiger partial charge is 0.0549 e. The first-order chi connectivity index (χ1) is 9.29. The Morgan fingerprint density at radius 3 is 2.16 bits per heavy atom. The normalized spacial score (nSPS) is 11.3. The van der Waals surface area contributed by atoms with Gasteiger partial charge in [-0.25, -0.2) is 0 Å². The second-order valence-corrected chi connectivity index (χ2v) is 4.50. The summed E-state index contributed by atoms with van der Waals surface area (Å²) >= 11 is 0. The van der Waals surface area contributed by atoms with Crippen LogP contribution in [0.15, 0.2) is 66.9 Å². The van der Waals surface area contributed by atoms with Crippen LogP contribution in [0.2, 0.25) is 0 Å². The minimum atomic E-state index is 0.804. The third-order valence-corrected chi connectivity index (χ3v) is 3.06. The minimum Gasteiger partial charge on any atom is -0.397 e. The molecule has 0 spiro atoms. The van der Waals surface area contributed by atoms with E-state index in [1.54, 1.807) is 0 Å². The van der Waals surface area contributed by atoms with Crippen LogP contribution < -0.4 is 5.73 Å². The van der Waals surface area contributed by atoms with Crippen molar-refractivity contribution in [3.05, 3.63) is 78.0 Å². The standard InChI is InChI=1S/C17H20N2/c1-2-19(13-15-9-5-3-6-10-15)14-17(18)16-11-7-4-8-12-16/h3-12,14H,2,13,18H2,1H3/b17-14-. The van der Waals surface area contributed by atoms with Crippen LogP contribution in [0.5, 0.6) is 0 Å². The molecule has 0 amide bonds. The fourth-order valence-corrected chi connectivity index (χ4v) is 1.97. The molecule has 0 unspecified atom stereocenters. The molecule has 0 aliphatic carbocycles. The van der Waals surface area contributed by atoms with Crippen LogP contribution in [-0.2, 0) is 6.54 Å². The van der Waals surface area contributed by atoms with Gasteiger partial charge in [-0.15, -0.1) is 0 Å². The van der Waals surface area contributed by atoms with Crippen LogP contribution in [0.3, 0.4) is 0 Å². The van der Waals surface area contributed by atoms with E-state index in [4.69, 9.17) is 5.73 Å². The SMILES string of the molecule is CCN(/C=C(\N)c1ccccc1)Cc1ccccc1. The predicted octanol–water partition coefficient (Wildman–Crippen LogP) is 3.47. The highest BCUT2D eigenvalue weighted by atomic mass is 15.1. The van der Waals surface area contributed by atoms with Gasteiger partial charge in [0.05, 0.1) is 5.70 Å². The molecule has 98 valence electrons. The van der Waals surface area contributed by atoms with Crippen molar-refractivity contribution in [2.75, 3.05) is 6.54 Å². The summed E-state index contributed by atoms with van der Waals surface area (Å²) in [5.74, 6) is 0. The molecule has 19 heavy (non-hydrogen) atoms. The quantitative estimate of drug-likeness (QED) is 0.883. The highest BCUT2D eigenvalue weighted by Crippen LogP contribution is 2.11. The number of hydrogen-bond donors (Lipinski definition) is 1. The summed E-state index contributed by atoms with van der Waals surface area (Å²) in [5.41, 5.74) is 9.31. The van der Waals surface area contributed by atoms with E-state index < -0.39 is 0 Å². The van der Waals surface area contributed by atoms with Gasteiger partial charge >= 0.3 is 0 Å². The maximum Gasteiger partial charge on any atom is 0.0549 e. The lowest BCUT2D eigenvalue weighted by molar-refractivity contribution is 0.390. The zero-order valence-electron chi connectivity index (χ0n) is 11.3. The third-order valence-electron chi connectivity index (χ3n) is 3.06. The molecule has 0 fully saturated rings. The molecular formula is C17H20N2. The molecule has 2 aromatic carbocycles. The summed E-state index contributed by atoms with van der Waals surface area (Å²) in [6, 6.07) is 20.5. The zero-order chi connectivity index (χ0) is 13.5. The van der Waals surface area contributed by atoms with Gasteiger partial charge in [-0.1, -0.05) is 60.7 Å². The fraction of sp³-hybridized carbons (Fsp3) is 0.176. The molecule has 2 heteroatoms. The van der Waals surface area contributed by atoms with E-state index in [-0.39, 0.29) is 0 Å². The van der Waals surface area contributed by atoms with Crippen molar-refractivity contribution in [2.24, 2.45) is 5.73 Å².